The Labute approximate surface area is 80.6 Å². The molecular formula is C8H13BrO3. The normalized spacial score (nSPS) is 12.2. The van der Waals surface area contributed by atoms with Gasteiger partial charge in [-0.05, 0) is 13.3 Å². The molecule has 0 bridgehead atoms. The standard InChI is InChI=1S/C8H13BrO3/c1-3-5-6(9)7(10)8(11)12-4-2/h6H,3-5H2,1-2H3. The number of carbonyl (C=O) groups excluding carboxylic acids is 2. The van der Waals surface area contributed by atoms with Crippen LogP contribution in [0.3, 0.4) is 0 Å². The fourth-order valence-corrected chi connectivity index (χ4v) is 1.36. The van der Waals surface area contributed by atoms with Gasteiger partial charge < -0.3 is 4.74 Å². The van der Waals surface area contributed by atoms with Crippen molar-refractivity contribution in [3.63, 3.8) is 0 Å². The minimum Gasteiger partial charge on any atom is -0.460 e. The van der Waals surface area contributed by atoms with Gasteiger partial charge in [-0.1, -0.05) is 29.3 Å². The van der Waals surface area contributed by atoms with E-state index in [1.165, 1.54) is 0 Å². The number of Topliss-reactive ketones (excluding diaryl/α,β-unsaturated/α-hetero) is 1. The van der Waals surface area contributed by atoms with Crippen LogP contribution in [0, 0.1) is 0 Å². The van der Waals surface area contributed by atoms with E-state index in [1.54, 1.807) is 6.92 Å². The van der Waals surface area contributed by atoms with E-state index in [-0.39, 0.29) is 11.4 Å². The van der Waals surface area contributed by atoms with Gasteiger partial charge in [0.05, 0.1) is 11.4 Å². The van der Waals surface area contributed by atoms with Crippen LogP contribution in [0.2, 0.25) is 0 Å². The van der Waals surface area contributed by atoms with Crippen molar-refractivity contribution >= 4 is 27.7 Å². The molecule has 0 aromatic heterocycles. The van der Waals surface area contributed by atoms with Crippen molar-refractivity contribution in [1.82, 2.24) is 0 Å². The van der Waals surface area contributed by atoms with E-state index >= 15 is 0 Å². The summed E-state index contributed by atoms with van der Waals surface area (Å²) >= 11 is 3.12. The summed E-state index contributed by atoms with van der Waals surface area (Å²) < 4.78 is 4.55. The highest BCUT2D eigenvalue weighted by atomic mass is 79.9. The van der Waals surface area contributed by atoms with Crippen molar-refractivity contribution in [3.05, 3.63) is 0 Å². The van der Waals surface area contributed by atoms with E-state index in [0.717, 1.165) is 6.42 Å². The Bertz CT molecular complexity index is 168. The quantitative estimate of drug-likeness (QED) is 0.415. The minimum absolute atomic E-state index is 0.246. The van der Waals surface area contributed by atoms with Crippen LogP contribution in [0.4, 0.5) is 0 Å². The van der Waals surface area contributed by atoms with E-state index in [1.807, 2.05) is 6.92 Å². The van der Waals surface area contributed by atoms with Crippen LogP contribution in [0.5, 0.6) is 0 Å². The van der Waals surface area contributed by atoms with Gasteiger partial charge in [-0.25, -0.2) is 4.79 Å². The molecule has 0 heterocycles. The number of halogens is 1. The van der Waals surface area contributed by atoms with E-state index in [0.29, 0.717) is 6.42 Å². The number of ketones is 1. The molecule has 0 amide bonds. The summed E-state index contributed by atoms with van der Waals surface area (Å²) in [5.41, 5.74) is 0. The van der Waals surface area contributed by atoms with Crippen LogP contribution < -0.4 is 0 Å². The second kappa shape index (κ2) is 6.17. The highest BCUT2D eigenvalue weighted by Crippen LogP contribution is 2.09. The molecule has 0 aromatic rings. The molecule has 0 aliphatic carbocycles. The predicted octanol–water partition coefficient (Wildman–Crippen LogP) is 1.68. The van der Waals surface area contributed by atoms with Gasteiger partial charge in [-0.3, -0.25) is 4.79 Å². The highest BCUT2D eigenvalue weighted by Gasteiger charge is 2.22. The average Bonchev–Trinajstić information content (AvgIpc) is 2.04. The van der Waals surface area contributed by atoms with Gasteiger partial charge in [0.1, 0.15) is 0 Å². The van der Waals surface area contributed by atoms with Crippen molar-refractivity contribution < 1.29 is 14.3 Å². The zero-order chi connectivity index (χ0) is 9.56. The third-order valence-corrected chi connectivity index (χ3v) is 2.18. The van der Waals surface area contributed by atoms with Crippen LogP contribution in [0.1, 0.15) is 26.7 Å². The van der Waals surface area contributed by atoms with Gasteiger partial charge in [-0.15, -0.1) is 0 Å². The molecular weight excluding hydrogens is 224 g/mol. The Morgan fingerprint density at radius 2 is 2.00 bits per heavy atom. The first kappa shape index (κ1) is 11.6. The summed E-state index contributed by atoms with van der Waals surface area (Å²) in [6.45, 7) is 3.87. The first-order valence-corrected chi connectivity index (χ1v) is 4.90. The lowest BCUT2D eigenvalue weighted by Crippen LogP contribution is -2.25. The highest BCUT2D eigenvalue weighted by molar-refractivity contribution is 9.10. The van der Waals surface area contributed by atoms with Crippen molar-refractivity contribution in [1.29, 1.82) is 0 Å². The molecule has 12 heavy (non-hydrogen) atoms. The molecule has 0 saturated carbocycles. The van der Waals surface area contributed by atoms with Crippen molar-refractivity contribution in [2.45, 2.75) is 31.5 Å². The number of ether oxygens (including phenoxy) is 1. The number of hydrogen-bond donors (Lipinski definition) is 0. The molecule has 70 valence electrons. The summed E-state index contributed by atoms with van der Waals surface area (Å²) in [5.74, 6) is -1.23. The molecule has 1 atom stereocenters. The maximum atomic E-state index is 11.1. The second-order valence-corrected chi connectivity index (χ2v) is 3.45. The molecule has 0 aliphatic rings. The van der Waals surface area contributed by atoms with Crippen LogP contribution in [0.15, 0.2) is 0 Å². The average molecular weight is 237 g/mol. The lowest BCUT2D eigenvalue weighted by atomic mass is 10.2. The number of alkyl halides is 1. The third-order valence-electron chi connectivity index (χ3n) is 1.30. The van der Waals surface area contributed by atoms with Gasteiger partial charge >= 0.3 is 5.97 Å². The number of esters is 1. The molecule has 0 saturated heterocycles. The number of hydrogen-bond acceptors (Lipinski definition) is 3. The molecule has 0 N–H and O–H groups in total. The number of carbonyl (C=O) groups is 2. The fraction of sp³-hybridized carbons (Fsp3) is 0.750. The zero-order valence-electron chi connectivity index (χ0n) is 7.30. The minimum atomic E-state index is -0.743. The first-order chi connectivity index (χ1) is 5.63. The molecule has 0 rings (SSSR count). The van der Waals surface area contributed by atoms with Gasteiger partial charge in [0.25, 0.3) is 5.78 Å². The summed E-state index contributed by atoms with van der Waals surface area (Å²) in [6.07, 6.45) is 1.53. The molecule has 0 spiro atoms. The van der Waals surface area contributed by atoms with Crippen molar-refractivity contribution in [2.75, 3.05) is 6.61 Å². The Kier molecular flexibility index (Phi) is 5.98. The maximum Gasteiger partial charge on any atom is 0.375 e. The van der Waals surface area contributed by atoms with E-state index in [4.69, 9.17) is 0 Å². The fourth-order valence-electron chi connectivity index (χ4n) is 0.715. The Morgan fingerprint density at radius 3 is 2.42 bits per heavy atom. The van der Waals surface area contributed by atoms with Crippen LogP contribution in [-0.4, -0.2) is 23.2 Å². The third kappa shape index (κ3) is 3.85. The van der Waals surface area contributed by atoms with Crippen LogP contribution in [-0.2, 0) is 14.3 Å². The Morgan fingerprint density at radius 1 is 1.42 bits per heavy atom. The summed E-state index contributed by atoms with van der Waals surface area (Å²) in [6, 6.07) is 0. The molecule has 3 nitrogen and oxygen atoms in total. The zero-order valence-corrected chi connectivity index (χ0v) is 8.89. The topological polar surface area (TPSA) is 43.4 Å². The summed E-state index contributed by atoms with van der Waals surface area (Å²) in [7, 11) is 0. The van der Waals surface area contributed by atoms with Crippen LogP contribution in [0.25, 0.3) is 0 Å². The Hall–Kier alpha value is -0.380. The van der Waals surface area contributed by atoms with Crippen LogP contribution >= 0.6 is 15.9 Å². The maximum absolute atomic E-state index is 11.1. The lowest BCUT2D eigenvalue weighted by Gasteiger charge is -2.05. The number of rotatable bonds is 5. The van der Waals surface area contributed by atoms with Gasteiger partial charge in [0.15, 0.2) is 0 Å². The Balaban J connectivity index is 3.91. The van der Waals surface area contributed by atoms with E-state index < -0.39 is 11.8 Å². The van der Waals surface area contributed by atoms with Crippen molar-refractivity contribution in [2.24, 2.45) is 0 Å². The SMILES string of the molecule is CCCC(Br)C(=O)C(=O)OCC. The molecule has 1 unspecified atom stereocenters. The first-order valence-electron chi connectivity index (χ1n) is 3.98. The van der Waals surface area contributed by atoms with Gasteiger partial charge in [-0.2, -0.15) is 0 Å². The largest absolute Gasteiger partial charge is 0.460 e. The predicted molar refractivity (Wildman–Crippen MR) is 49.3 cm³/mol. The second-order valence-electron chi connectivity index (χ2n) is 2.34. The molecule has 4 heteroatoms. The summed E-state index contributed by atoms with van der Waals surface area (Å²) in [5, 5.41) is 0. The van der Waals surface area contributed by atoms with Crippen molar-refractivity contribution in [3.8, 4) is 0 Å². The summed E-state index contributed by atoms with van der Waals surface area (Å²) in [4.78, 5) is 21.6. The van der Waals surface area contributed by atoms with E-state index in [9.17, 15) is 9.59 Å². The smallest absolute Gasteiger partial charge is 0.375 e. The van der Waals surface area contributed by atoms with Gasteiger partial charge in [0.2, 0.25) is 0 Å². The molecule has 0 aromatic carbocycles. The van der Waals surface area contributed by atoms with Gasteiger partial charge in [0, 0.05) is 0 Å². The monoisotopic (exact) mass is 236 g/mol. The lowest BCUT2D eigenvalue weighted by molar-refractivity contribution is -0.153. The molecule has 0 radical (unpaired) electrons. The molecule has 0 fully saturated rings. The van der Waals surface area contributed by atoms with E-state index in [2.05, 4.69) is 20.7 Å². The molecule has 0 aliphatic heterocycles.